The molecule has 0 unspecified atom stereocenters. The molecule has 2 N–H and O–H groups in total. The van der Waals surface area contributed by atoms with Crippen LogP contribution in [0.15, 0.2) is 92.2 Å². The minimum absolute atomic E-state index is 0.0438. The predicted molar refractivity (Wildman–Crippen MR) is 122 cm³/mol. The van der Waals surface area contributed by atoms with Gasteiger partial charge in [-0.25, -0.2) is 22.8 Å². The number of pyridine rings is 1. The van der Waals surface area contributed by atoms with E-state index in [4.69, 9.17) is 9.74 Å². The number of rotatable bonds is 6. The van der Waals surface area contributed by atoms with Crippen LogP contribution < -0.4 is 4.72 Å². The van der Waals surface area contributed by atoms with E-state index in [9.17, 15) is 13.2 Å². The molecule has 11 heteroatoms. The van der Waals surface area contributed by atoms with Crippen molar-refractivity contribution in [3.05, 3.63) is 78.4 Å². The van der Waals surface area contributed by atoms with Crippen molar-refractivity contribution in [2.45, 2.75) is 14.8 Å². The van der Waals surface area contributed by atoms with Crippen LogP contribution in [0.5, 0.6) is 0 Å². The lowest BCUT2D eigenvalue weighted by atomic mass is 10.2. The molecule has 9 nitrogen and oxygen atoms in total. The van der Waals surface area contributed by atoms with Crippen LogP contribution >= 0.6 is 11.8 Å². The van der Waals surface area contributed by atoms with Crippen LogP contribution in [0.3, 0.4) is 0 Å². The second-order valence-electron chi connectivity index (χ2n) is 6.99. The first kappa shape index (κ1) is 20.9. The molecule has 0 fully saturated rings. The summed E-state index contributed by atoms with van der Waals surface area (Å²) in [6, 6.07) is 20.0. The maximum atomic E-state index is 13.2. The Morgan fingerprint density at radius 2 is 1.73 bits per heavy atom. The smallest absolute Gasteiger partial charge is 0.335 e. The van der Waals surface area contributed by atoms with Crippen molar-refractivity contribution >= 4 is 55.4 Å². The summed E-state index contributed by atoms with van der Waals surface area (Å²) in [7, 11) is -4.09. The topological polar surface area (TPSA) is 135 Å². The summed E-state index contributed by atoms with van der Waals surface area (Å²) in [6.07, 6.45) is 0. The predicted octanol–water partition coefficient (Wildman–Crippen LogP) is 4.42. The molecule has 2 aromatic heterocycles. The van der Waals surface area contributed by atoms with Crippen LogP contribution in [0, 0.1) is 0 Å². The van der Waals surface area contributed by atoms with E-state index in [1.54, 1.807) is 6.07 Å². The number of fused-ring (bicyclic) bond motifs is 2. The van der Waals surface area contributed by atoms with E-state index in [0.29, 0.717) is 9.92 Å². The summed E-state index contributed by atoms with van der Waals surface area (Å²) < 4.78 is 33.5. The molecule has 0 atom stereocenters. The maximum Gasteiger partial charge on any atom is 0.335 e. The minimum atomic E-state index is -4.09. The summed E-state index contributed by atoms with van der Waals surface area (Å²) in [5.74, 6) is -1.10. The van der Waals surface area contributed by atoms with Crippen molar-refractivity contribution in [3.8, 4) is 0 Å². The van der Waals surface area contributed by atoms with Crippen molar-refractivity contribution in [2.75, 3.05) is 4.72 Å². The van der Waals surface area contributed by atoms with Crippen LogP contribution in [0.4, 0.5) is 5.69 Å². The van der Waals surface area contributed by atoms with Crippen LogP contribution in [0.2, 0.25) is 0 Å². The summed E-state index contributed by atoms with van der Waals surface area (Å²) in [6.45, 7) is 0. The van der Waals surface area contributed by atoms with Crippen molar-refractivity contribution in [2.24, 2.45) is 0 Å². The Bertz CT molecular complexity index is 1620. The molecular weight excluding hydrogens is 464 g/mol. The molecule has 0 saturated heterocycles. The second-order valence-corrected chi connectivity index (χ2v) is 9.73. The Balaban J connectivity index is 1.50. The minimum Gasteiger partial charge on any atom is -0.478 e. The molecule has 0 aliphatic rings. The van der Waals surface area contributed by atoms with E-state index in [-0.39, 0.29) is 27.2 Å². The third-order valence-corrected chi connectivity index (χ3v) is 7.07. The van der Waals surface area contributed by atoms with Crippen LogP contribution in [0.25, 0.3) is 21.9 Å². The quantitative estimate of drug-likeness (QED) is 0.363. The highest BCUT2D eigenvalue weighted by Crippen LogP contribution is 2.33. The van der Waals surface area contributed by atoms with Crippen LogP contribution in [0.1, 0.15) is 10.4 Å². The molecule has 0 spiro atoms. The fraction of sp³-hybridized carbons (Fsp3) is 0. The molecule has 0 bridgehead atoms. The van der Waals surface area contributed by atoms with E-state index < -0.39 is 16.0 Å². The van der Waals surface area contributed by atoms with Gasteiger partial charge in [0.2, 0.25) is 0 Å². The number of nitrogens with zero attached hydrogens (tertiary/aromatic N) is 3. The number of benzene rings is 3. The summed E-state index contributed by atoms with van der Waals surface area (Å²) in [4.78, 5) is 16.1. The number of hydrogen-bond donors (Lipinski definition) is 2. The number of nitrogens with one attached hydrogen (secondary N) is 1. The van der Waals surface area contributed by atoms with E-state index >= 15 is 0 Å². The van der Waals surface area contributed by atoms with Gasteiger partial charge >= 0.3 is 5.97 Å². The average Bonchev–Trinajstić information content (AvgIpc) is 3.27. The van der Waals surface area contributed by atoms with Crippen molar-refractivity contribution in [1.82, 2.24) is 15.3 Å². The maximum absolute atomic E-state index is 13.2. The monoisotopic (exact) mass is 478 g/mol. The van der Waals surface area contributed by atoms with Gasteiger partial charge < -0.3 is 5.11 Å². The van der Waals surface area contributed by atoms with Crippen molar-refractivity contribution < 1.29 is 22.9 Å². The van der Waals surface area contributed by atoms with Gasteiger partial charge in [0.1, 0.15) is 15.4 Å². The molecule has 2 heterocycles. The third kappa shape index (κ3) is 4.23. The molecule has 164 valence electrons. The Labute approximate surface area is 191 Å². The highest BCUT2D eigenvalue weighted by Gasteiger charge is 2.23. The molecule has 0 aliphatic carbocycles. The zero-order valence-electron chi connectivity index (χ0n) is 16.7. The zero-order chi connectivity index (χ0) is 23.0. The first-order valence-electron chi connectivity index (χ1n) is 9.55. The van der Waals surface area contributed by atoms with E-state index in [2.05, 4.69) is 20.0 Å². The van der Waals surface area contributed by atoms with Gasteiger partial charge in [-0.1, -0.05) is 36.0 Å². The number of sulfonamides is 1. The molecule has 33 heavy (non-hydrogen) atoms. The van der Waals surface area contributed by atoms with E-state index in [1.807, 2.05) is 36.4 Å². The van der Waals surface area contributed by atoms with Gasteiger partial charge in [-0.2, -0.15) is 0 Å². The standard InChI is InChI=1S/C22H14N4O5S2/c27-22(28)14-5-8-15(9-6-14)26-33(29,30)19-12-16(11-18-21(19)25-31-24-18)32-20-10-7-13-3-1-2-4-17(13)23-20/h1-12,26H,(H,27,28). The van der Waals surface area contributed by atoms with Crippen LogP contribution in [-0.4, -0.2) is 34.8 Å². The van der Waals surface area contributed by atoms with Gasteiger partial charge in [-0.05, 0) is 58.8 Å². The number of aromatic nitrogens is 3. The molecule has 0 radical (unpaired) electrons. The first-order valence-corrected chi connectivity index (χ1v) is 11.9. The fourth-order valence-electron chi connectivity index (χ4n) is 3.21. The number of para-hydroxylation sites is 1. The molecule has 3 aromatic carbocycles. The Morgan fingerprint density at radius 3 is 2.52 bits per heavy atom. The Hall–Kier alpha value is -3.96. The second kappa shape index (κ2) is 8.19. The number of hydrogen-bond acceptors (Lipinski definition) is 8. The Morgan fingerprint density at radius 1 is 0.939 bits per heavy atom. The van der Waals surface area contributed by atoms with Gasteiger partial charge in [0, 0.05) is 16.0 Å². The highest BCUT2D eigenvalue weighted by molar-refractivity contribution is 7.99. The van der Waals surface area contributed by atoms with Crippen LogP contribution in [-0.2, 0) is 10.0 Å². The van der Waals surface area contributed by atoms with Gasteiger partial charge in [0.05, 0.1) is 11.1 Å². The summed E-state index contributed by atoms with van der Waals surface area (Å²) in [5.41, 5.74) is 1.44. The van der Waals surface area contributed by atoms with Crippen molar-refractivity contribution in [1.29, 1.82) is 0 Å². The SMILES string of the molecule is O=C(O)c1ccc(NS(=O)(=O)c2cc(Sc3ccc4ccccc4n3)cc3nonc23)cc1. The summed E-state index contributed by atoms with van der Waals surface area (Å²) >= 11 is 1.28. The number of carboxylic acids is 1. The van der Waals surface area contributed by atoms with Gasteiger partial charge in [-0.15, -0.1) is 0 Å². The van der Waals surface area contributed by atoms with Crippen molar-refractivity contribution in [3.63, 3.8) is 0 Å². The first-order chi connectivity index (χ1) is 15.9. The molecule has 0 aliphatic heterocycles. The molecule has 0 saturated carbocycles. The largest absolute Gasteiger partial charge is 0.478 e. The lowest BCUT2D eigenvalue weighted by Gasteiger charge is -2.10. The fourth-order valence-corrected chi connectivity index (χ4v) is 5.39. The third-order valence-electron chi connectivity index (χ3n) is 4.77. The molecular formula is C22H14N4O5S2. The molecule has 5 aromatic rings. The number of carboxylic acid groups (broad SMARTS) is 1. The summed E-state index contributed by atoms with van der Waals surface area (Å²) in [5, 5.41) is 18.3. The van der Waals surface area contributed by atoms with E-state index in [1.165, 1.54) is 42.1 Å². The number of aromatic carboxylic acids is 1. The lowest BCUT2D eigenvalue weighted by Crippen LogP contribution is -2.14. The number of anilines is 1. The van der Waals surface area contributed by atoms with Gasteiger partial charge in [-0.3, -0.25) is 4.72 Å². The van der Waals surface area contributed by atoms with E-state index in [0.717, 1.165) is 10.9 Å². The van der Waals surface area contributed by atoms with Gasteiger partial charge in [0.15, 0.2) is 5.52 Å². The lowest BCUT2D eigenvalue weighted by molar-refractivity contribution is 0.0697. The highest BCUT2D eigenvalue weighted by atomic mass is 32.2. The average molecular weight is 479 g/mol. The molecule has 0 amide bonds. The van der Waals surface area contributed by atoms with Gasteiger partial charge in [0.25, 0.3) is 10.0 Å². The zero-order valence-corrected chi connectivity index (χ0v) is 18.3. The molecule has 5 rings (SSSR count). The number of carbonyl (C=O) groups is 1. The normalized spacial score (nSPS) is 11.6. The Kier molecular flexibility index (Phi) is 5.19.